The van der Waals surface area contributed by atoms with Crippen molar-refractivity contribution in [1.29, 1.82) is 0 Å². The highest BCUT2D eigenvalue weighted by atomic mass is 32.1. The molecule has 0 saturated carbocycles. The molecule has 0 radical (unpaired) electrons. The molecule has 2 heterocycles. The molecule has 0 aliphatic carbocycles. The van der Waals surface area contributed by atoms with Crippen molar-refractivity contribution in [2.24, 2.45) is 5.92 Å². The number of hydrogen-bond donors (Lipinski definition) is 2. The van der Waals surface area contributed by atoms with Crippen molar-refractivity contribution in [3.63, 3.8) is 0 Å². The summed E-state index contributed by atoms with van der Waals surface area (Å²) in [5.41, 5.74) is 0.612. The van der Waals surface area contributed by atoms with Crippen molar-refractivity contribution in [1.82, 2.24) is 4.98 Å². The van der Waals surface area contributed by atoms with Crippen LogP contribution in [0.1, 0.15) is 19.0 Å². The molecule has 17 heavy (non-hydrogen) atoms. The van der Waals surface area contributed by atoms with Gasteiger partial charge in [-0.25, -0.2) is 4.98 Å². The number of hydrogen-bond acceptors (Lipinski definition) is 5. The van der Waals surface area contributed by atoms with E-state index in [2.05, 4.69) is 17.2 Å². The van der Waals surface area contributed by atoms with Gasteiger partial charge in [-0.3, -0.25) is 4.79 Å². The third-order valence-corrected chi connectivity index (χ3v) is 3.78. The summed E-state index contributed by atoms with van der Waals surface area (Å²) in [4.78, 5) is 14.7. The molecule has 2 rings (SSSR count). The maximum absolute atomic E-state index is 10.5. The number of aliphatic carboxylic acids is 1. The Bertz CT molecular complexity index is 394. The lowest BCUT2D eigenvalue weighted by Gasteiger charge is -2.13. The third kappa shape index (κ3) is 3.41. The zero-order valence-corrected chi connectivity index (χ0v) is 10.5. The van der Waals surface area contributed by atoms with Crippen molar-refractivity contribution < 1.29 is 14.6 Å². The van der Waals surface area contributed by atoms with Crippen LogP contribution in [0.2, 0.25) is 0 Å². The van der Waals surface area contributed by atoms with Gasteiger partial charge in [0.05, 0.1) is 18.2 Å². The summed E-state index contributed by atoms with van der Waals surface area (Å²) < 4.78 is 5.48. The van der Waals surface area contributed by atoms with Crippen LogP contribution in [0, 0.1) is 5.92 Å². The second-order valence-corrected chi connectivity index (χ2v) is 5.08. The van der Waals surface area contributed by atoms with E-state index >= 15 is 0 Å². The zero-order valence-electron chi connectivity index (χ0n) is 9.68. The molecule has 2 unspecified atom stereocenters. The van der Waals surface area contributed by atoms with Gasteiger partial charge in [-0.1, -0.05) is 0 Å². The van der Waals surface area contributed by atoms with Gasteiger partial charge in [-0.2, -0.15) is 0 Å². The van der Waals surface area contributed by atoms with Crippen molar-refractivity contribution in [2.75, 3.05) is 18.5 Å². The largest absolute Gasteiger partial charge is 0.481 e. The van der Waals surface area contributed by atoms with Crippen molar-refractivity contribution >= 4 is 22.4 Å². The number of thiazole rings is 1. The average Bonchev–Trinajstić information content (AvgIpc) is 2.84. The van der Waals surface area contributed by atoms with E-state index in [0.717, 1.165) is 24.7 Å². The molecule has 0 amide bonds. The molecule has 1 aliphatic heterocycles. The van der Waals surface area contributed by atoms with E-state index in [-0.39, 0.29) is 6.42 Å². The van der Waals surface area contributed by atoms with Crippen molar-refractivity contribution in [3.8, 4) is 0 Å². The second kappa shape index (κ2) is 5.46. The average molecular weight is 256 g/mol. The molecule has 1 aromatic heterocycles. The molecule has 1 aliphatic rings. The Kier molecular flexibility index (Phi) is 3.96. The van der Waals surface area contributed by atoms with Gasteiger partial charge in [0.2, 0.25) is 0 Å². The maximum Gasteiger partial charge on any atom is 0.309 e. The molecular weight excluding hydrogens is 240 g/mol. The highest BCUT2D eigenvalue weighted by Gasteiger charge is 2.23. The first-order valence-electron chi connectivity index (χ1n) is 5.67. The van der Waals surface area contributed by atoms with E-state index in [0.29, 0.717) is 17.7 Å². The molecule has 0 aromatic carbocycles. The maximum atomic E-state index is 10.5. The van der Waals surface area contributed by atoms with Crippen LogP contribution in [0.15, 0.2) is 5.38 Å². The summed E-state index contributed by atoms with van der Waals surface area (Å²) in [6.07, 6.45) is 1.35. The highest BCUT2D eigenvalue weighted by molar-refractivity contribution is 7.13. The first-order chi connectivity index (χ1) is 8.15. The molecule has 5 nitrogen and oxygen atoms in total. The summed E-state index contributed by atoms with van der Waals surface area (Å²) in [6.45, 7) is 3.74. The fraction of sp³-hybridized carbons (Fsp3) is 0.636. The van der Waals surface area contributed by atoms with Crippen LogP contribution in [0.25, 0.3) is 0 Å². The van der Waals surface area contributed by atoms with Crippen LogP contribution in [-0.2, 0) is 16.0 Å². The zero-order chi connectivity index (χ0) is 12.3. The summed E-state index contributed by atoms with van der Waals surface area (Å²) in [7, 11) is 0. The first-order valence-corrected chi connectivity index (χ1v) is 6.55. The number of anilines is 1. The first kappa shape index (κ1) is 12.3. The monoisotopic (exact) mass is 256 g/mol. The van der Waals surface area contributed by atoms with Crippen molar-refractivity contribution in [2.45, 2.75) is 25.9 Å². The van der Waals surface area contributed by atoms with Gasteiger partial charge in [0.25, 0.3) is 0 Å². The minimum atomic E-state index is -0.848. The lowest BCUT2D eigenvalue weighted by Crippen LogP contribution is -2.20. The molecule has 94 valence electrons. The van der Waals surface area contributed by atoms with Crippen LogP contribution < -0.4 is 5.32 Å². The van der Waals surface area contributed by atoms with Crippen LogP contribution in [0.4, 0.5) is 5.13 Å². The van der Waals surface area contributed by atoms with Gasteiger partial charge >= 0.3 is 5.97 Å². The molecule has 1 saturated heterocycles. The smallest absolute Gasteiger partial charge is 0.309 e. The molecule has 1 aromatic rings. The number of carbonyl (C=O) groups is 1. The third-order valence-electron chi connectivity index (χ3n) is 2.93. The Morgan fingerprint density at radius 1 is 1.76 bits per heavy atom. The van der Waals surface area contributed by atoms with Gasteiger partial charge in [-0.15, -0.1) is 11.3 Å². The summed E-state index contributed by atoms with van der Waals surface area (Å²) in [5, 5.41) is 14.5. The molecule has 2 N–H and O–H groups in total. The Morgan fingerprint density at radius 2 is 2.59 bits per heavy atom. The van der Waals surface area contributed by atoms with Crippen LogP contribution in [-0.4, -0.2) is 35.3 Å². The van der Waals surface area contributed by atoms with E-state index in [9.17, 15) is 4.79 Å². The lowest BCUT2D eigenvalue weighted by molar-refractivity contribution is -0.136. The number of nitrogens with one attached hydrogen (secondary N) is 1. The van der Waals surface area contributed by atoms with Gasteiger partial charge in [0.1, 0.15) is 0 Å². The van der Waals surface area contributed by atoms with Crippen LogP contribution in [0.5, 0.6) is 0 Å². The van der Waals surface area contributed by atoms with Gasteiger partial charge in [0, 0.05) is 24.4 Å². The summed E-state index contributed by atoms with van der Waals surface area (Å²) >= 11 is 1.45. The van der Waals surface area contributed by atoms with Crippen LogP contribution in [0.3, 0.4) is 0 Å². The van der Waals surface area contributed by atoms with Gasteiger partial charge < -0.3 is 15.2 Å². The fourth-order valence-electron chi connectivity index (χ4n) is 1.89. The Labute approximate surface area is 104 Å². The molecular formula is C11H16N2O3S. The van der Waals surface area contributed by atoms with Gasteiger partial charge in [-0.05, 0) is 13.3 Å². The van der Waals surface area contributed by atoms with E-state index in [1.807, 2.05) is 0 Å². The van der Waals surface area contributed by atoms with Gasteiger partial charge in [0.15, 0.2) is 5.13 Å². The number of aromatic nitrogens is 1. The number of rotatable bonds is 5. The number of carboxylic acid groups (broad SMARTS) is 1. The molecule has 6 heteroatoms. The predicted octanol–water partition coefficient (Wildman–Crippen LogP) is 1.61. The summed E-state index contributed by atoms with van der Waals surface area (Å²) in [6, 6.07) is 0. The van der Waals surface area contributed by atoms with E-state index in [1.165, 1.54) is 11.3 Å². The quantitative estimate of drug-likeness (QED) is 0.837. The normalized spacial score (nSPS) is 23.8. The molecule has 0 spiro atoms. The second-order valence-electron chi connectivity index (χ2n) is 4.22. The Hall–Kier alpha value is -1.14. The number of nitrogens with zero attached hydrogens (tertiary/aromatic N) is 1. The molecule has 1 fully saturated rings. The SMILES string of the molecule is CC1OCCC1CNc1nc(CC(=O)O)cs1. The lowest BCUT2D eigenvalue weighted by atomic mass is 10.0. The Morgan fingerprint density at radius 3 is 3.24 bits per heavy atom. The van der Waals surface area contributed by atoms with E-state index < -0.39 is 5.97 Å². The minimum Gasteiger partial charge on any atom is -0.481 e. The standard InChI is InChI=1S/C11H16N2O3S/c1-7-8(2-3-16-7)5-12-11-13-9(6-17-11)4-10(14)15/h6-8H,2-5H2,1H3,(H,12,13)(H,14,15). The Balaban J connectivity index is 1.82. The topological polar surface area (TPSA) is 71.5 Å². The minimum absolute atomic E-state index is 0.0128. The molecule has 2 atom stereocenters. The number of ether oxygens (including phenoxy) is 1. The predicted molar refractivity (Wildman–Crippen MR) is 65.5 cm³/mol. The number of carboxylic acids is 1. The fourth-order valence-corrected chi connectivity index (χ4v) is 2.61. The van der Waals surface area contributed by atoms with E-state index in [4.69, 9.17) is 9.84 Å². The summed E-state index contributed by atoms with van der Waals surface area (Å²) in [5.74, 6) is -0.332. The van der Waals surface area contributed by atoms with Crippen molar-refractivity contribution in [3.05, 3.63) is 11.1 Å². The molecule has 0 bridgehead atoms. The van der Waals surface area contributed by atoms with E-state index in [1.54, 1.807) is 5.38 Å². The van der Waals surface area contributed by atoms with Crippen LogP contribution >= 0.6 is 11.3 Å². The highest BCUT2D eigenvalue weighted by Crippen LogP contribution is 2.22.